The third kappa shape index (κ3) is 4.51. The predicted octanol–water partition coefficient (Wildman–Crippen LogP) is 3.84. The fourth-order valence-electron chi connectivity index (χ4n) is 4.68. The number of tetrazole rings is 1. The average molecular weight is 517 g/mol. The van der Waals surface area contributed by atoms with Crippen molar-refractivity contribution < 1.29 is 19.5 Å². The lowest BCUT2D eigenvalue weighted by molar-refractivity contribution is -0.890. The molecule has 0 aliphatic heterocycles. The van der Waals surface area contributed by atoms with Crippen molar-refractivity contribution in [2.45, 2.75) is 25.2 Å². The number of nitrogens with zero attached hydrogens (tertiary/aromatic N) is 6. The van der Waals surface area contributed by atoms with Gasteiger partial charge in [0.15, 0.2) is 0 Å². The number of fused-ring (bicyclic) bond motifs is 1. The van der Waals surface area contributed by atoms with Crippen LogP contribution >= 0.6 is 11.6 Å². The number of rotatable bonds is 8. The van der Waals surface area contributed by atoms with Crippen molar-refractivity contribution in [2.24, 2.45) is 5.92 Å². The average Bonchev–Trinajstić information content (AvgIpc) is 3.37. The molecule has 2 aromatic carbocycles. The van der Waals surface area contributed by atoms with Crippen molar-refractivity contribution in [3.8, 4) is 16.8 Å². The van der Waals surface area contributed by atoms with Crippen LogP contribution in [-0.4, -0.2) is 48.4 Å². The zero-order valence-corrected chi connectivity index (χ0v) is 20.6. The van der Waals surface area contributed by atoms with E-state index in [0.717, 1.165) is 40.3 Å². The Labute approximate surface area is 216 Å². The van der Waals surface area contributed by atoms with Gasteiger partial charge in [-0.3, -0.25) is 4.84 Å². The monoisotopic (exact) mass is 516 g/mol. The maximum Gasteiger partial charge on any atom is 0.335 e. The number of halogens is 1. The minimum absolute atomic E-state index is 0.0690. The van der Waals surface area contributed by atoms with Gasteiger partial charge in [0.05, 0.1) is 27.8 Å². The molecule has 10 nitrogen and oxygen atoms in total. The van der Waals surface area contributed by atoms with E-state index < -0.39 is 5.97 Å². The predicted molar refractivity (Wildman–Crippen MR) is 135 cm³/mol. The minimum Gasteiger partial charge on any atom is -0.478 e. The number of carbonyl (C=O) groups is 1. The lowest BCUT2D eigenvalue weighted by atomic mass is 9.95. The number of aromatic nitrogens is 7. The highest BCUT2D eigenvalue weighted by Gasteiger charge is 2.35. The molecule has 3 aromatic heterocycles. The van der Waals surface area contributed by atoms with Gasteiger partial charge in [0, 0.05) is 21.4 Å². The summed E-state index contributed by atoms with van der Waals surface area (Å²) in [5, 5.41) is 21.5. The molecule has 6 rings (SSSR count). The van der Waals surface area contributed by atoms with E-state index in [2.05, 4.69) is 20.5 Å². The van der Waals surface area contributed by atoms with E-state index in [1.54, 1.807) is 40.8 Å². The quantitative estimate of drug-likeness (QED) is 0.300. The third-order valence-electron chi connectivity index (χ3n) is 6.71. The van der Waals surface area contributed by atoms with Gasteiger partial charge in [-0.1, -0.05) is 24.4 Å². The zero-order chi connectivity index (χ0) is 25.5. The second kappa shape index (κ2) is 9.29. The highest BCUT2D eigenvalue weighted by Crippen LogP contribution is 2.41. The molecule has 1 aliphatic carbocycles. The Morgan fingerprint density at radius 3 is 2.84 bits per heavy atom. The summed E-state index contributed by atoms with van der Waals surface area (Å²) in [6.45, 7) is 0. The normalized spacial score (nSPS) is 14.1. The molecule has 0 bridgehead atoms. The Morgan fingerprint density at radius 2 is 2.11 bits per heavy atom. The van der Waals surface area contributed by atoms with Crippen LogP contribution in [0.25, 0.3) is 27.8 Å². The minimum atomic E-state index is -0.970. The number of carboxylic acids is 1. The van der Waals surface area contributed by atoms with E-state index >= 15 is 0 Å². The summed E-state index contributed by atoms with van der Waals surface area (Å²) in [6.07, 6.45) is 6.72. The number of aromatic amines is 1. The zero-order valence-electron chi connectivity index (χ0n) is 19.9. The van der Waals surface area contributed by atoms with Crippen LogP contribution in [0.2, 0.25) is 5.02 Å². The number of imidazole rings is 1. The van der Waals surface area contributed by atoms with Crippen molar-refractivity contribution in [3.05, 3.63) is 83.2 Å². The summed E-state index contributed by atoms with van der Waals surface area (Å²) in [7, 11) is 1.62. The highest BCUT2D eigenvalue weighted by atomic mass is 35.5. The van der Waals surface area contributed by atoms with Crippen molar-refractivity contribution in [3.63, 3.8) is 0 Å². The van der Waals surface area contributed by atoms with Crippen LogP contribution < -0.4 is 9.57 Å². The largest absolute Gasteiger partial charge is 0.478 e. The molecule has 1 saturated carbocycles. The van der Waals surface area contributed by atoms with Gasteiger partial charge in [0.2, 0.25) is 11.9 Å². The smallest absolute Gasteiger partial charge is 0.335 e. The number of hydrogen-bond acceptors (Lipinski definition) is 6. The first kappa shape index (κ1) is 23.1. The molecule has 1 fully saturated rings. The summed E-state index contributed by atoms with van der Waals surface area (Å²) in [5.74, 6) is 0.347. The first-order valence-electron chi connectivity index (χ1n) is 11.9. The molecule has 37 heavy (non-hydrogen) atoms. The molecule has 3 heterocycles. The number of benzene rings is 2. The summed E-state index contributed by atoms with van der Waals surface area (Å²) in [6, 6.07) is 14.5. The standard InChI is InChI=1S/C26H22ClN7O3/c1-37-34-13-17(19-12-18(27)6-9-23(19)33-14-28-31-32-33)5-8-24(34)20(10-15-2-3-15)25-29-21-7-4-16(26(35)36)11-22(21)30-25/h4-9,11-15,20H,2-3,10H2,1H3,(H-,29,30,35,36)/p+1. The fourth-order valence-corrected chi connectivity index (χ4v) is 4.85. The summed E-state index contributed by atoms with van der Waals surface area (Å²) in [4.78, 5) is 25.4. The van der Waals surface area contributed by atoms with Gasteiger partial charge in [-0.2, -0.15) is 4.68 Å². The Balaban J connectivity index is 1.44. The lowest BCUT2D eigenvalue weighted by Gasteiger charge is -2.14. The highest BCUT2D eigenvalue weighted by molar-refractivity contribution is 6.31. The molecular weight excluding hydrogens is 494 g/mol. The number of pyridine rings is 1. The van der Waals surface area contributed by atoms with E-state index in [1.165, 1.54) is 19.2 Å². The lowest BCUT2D eigenvalue weighted by Crippen LogP contribution is -2.45. The van der Waals surface area contributed by atoms with Crippen LogP contribution in [0.4, 0.5) is 0 Å². The molecule has 1 aliphatic rings. The Morgan fingerprint density at radius 1 is 1.24 bits per heavy atom. The van der Waals surface area contributed by atoms with Crippen LogP contribution in [0.1, 0.15) is 47.1 Å². The van der Waals surface area contributed by atoms with Gasteiger partial charge >= 0.3 is 5.97 Å². The van der Waals surface area contributed by atoms with Crippen LogP contribution in [0.5, 0.6) is 0 Å². The SMILES string of the molecule is CO[n+]1cc(-c2cc(Cl)ccc2-n2cnnn2)ccc1C(CC1CC1)c1nc2ccc(C(=O)O)cc2[nH]1. The summed E-state index contributed by atoms with van der Waals surface area (Å²) < 4.78 is 3.34. The fraction of sp³-hybridized carbons (Fsp3) is 0.231. The molecule has 5 aromatic rings. The number of nitrogens with one attached hydrogen (secondary N) is 1. The number of H-pyrrole nitrogens is 1. The van der Waals surface area contributed by atoms with Gasteiger partial charge in [-0.15, -0.1) is 5.10 Å². The van der Waals surface area contributed by atoms with E-state index in [0.29, 0.717) is 16.5 Å². The van der Waals surface area contributed by atoms with E-state index in [-0.39, 0.29) is 11.5 Å². The van der Waals surface area contributed by atoms with Crippen LogP contribution in [0, 0.1) is 5.92 Å². The molecule has 0 radical (unpaired) electrons. The van der Waals surface area contributed by atoms with Gasteiger partial charge < -0.3 is 10.1 Å². The number of aromatic carboxylic acids is 1. The molecule has 11 heteroatoms. The number of carboxylic acid groups (broad SMARTS) is 1. The van der Waals surface area contributed by atoms with E-state index in [1.807, 2.05) is 30.5 Å². The Kier molecular flexibility index (Phi) is 5.80. The van der Waals surface area contributed by atoms with Gasteiger partial charge in [-0.25, -0.2) is 9.78 Å². The molecule has 1 atom stereocenters. The molecule has 1 unspecified atom stereocenters. The van der Waals surface area contributed by atoms with Crippen molar-refractivity contribution in [1.82, 2.24) is 30.2 Å². The Hall–Kier alpha value is -4.31. The topological polar surface area (TPSA) is 123 Å². The summed E-state index contributed by atoms with van der Waals surface area (Å²) in [5.41, 5.74) is 5.08. The van der Waals surface area contributed by atoms with Crippen LogP contribution in [-0.2, 0) is 0 Å². The van der Waals surface area contributed by atoms with E-state index in [9.17, 15) is 9.90 Å². The van der Waals surface area contributed by atoms with Gasteiger partial charge in [-0.05, 0) is 65.2 Å². The first-order chi connectivity index (χ1) is 18.0. The second-order valence-corrected chi connectivity index (χ2v) is 9.59. The van der Waals surface area contributed by atoms with Gasteiger partial charge in [0.1, 0.15) is 25.2 Å². The molecular formula is C26H23ClN7O3+. The summed E-state index contributed by atoms with van der Waals surface area (Å²) >= 11 is 6.35. The van der Waals surface area contributed by atoms with E-state index in [4.69, 9.17) is 21.4 Å². The molecule has 0 amide bonds. The Bertz CT molecular complexity index is 1610. The van der Waals surface area contributed by atoms with Crippen LogP contribution in [0.3, 0.4) is 0 Å². The maximum absolute atomic E-state index is 11.4. The first-order valence-corrected chi connectivity index (χ1v) is 12.2. The molecule has 0 spiro atoms. The van der Waals surface area contributed by atoms with Crippen LogP contribution in [0.15, 0.2) is 61.1 Å². The number of hydrogen-bond donors (Lipinski definition) is 2. The third-order valence-corrected chi connectivity index (χ3v) is 6.94. The molecule has 0 saturated heterocycles. The van der Waals surface area contributed by atoms with Crippen molar-refractivity contribution >= 4 is 28.6 Å². The van der Waals surface area contributed by atoms with Crippen molar-refractivity contribution in [2.75, 3.05) is 7.11 Å². The van der Waals surface area contributed by atoms with Gasteiger partial charge in [0.25, 0.3) is 0 Å². The molecule has 186 valence electrons. The second-order valence-electron chi connectivity index (χ2n) is 9.16. The van der Waals surface area contributed by atoms with Crippen molar-refractivity contribution in [1.29, 1.82) is 0 Å². The maximum atomic E-state index is 11.4. The molecule has 2 N–H and O–H groups in total.